The van der Waals surface area contributed by atoms with Gasteiger partial charge in [0, 0.05) is 19.1 Å². The first-order valence-electron chi connectivity index (χ1n) is 11.6. The average Bonchev–Trinajstić information content (AvgIpc) is 2.67. The number of ketones is 1. The van der Waals surface area contributed by atoms with Gasteiger partial charge < -0.3 is 19.1 Å². The maximum Gasteiger partial charge on any atom is 0.184 e. The predicted octanol–water partition coefficient (Wildman–Crippen LogP) is 4.82. The Labute approximate surface area is 173 Å². The van der Waals surface area contributed by atoms with Crippen molar-refractivity contribution >= 4 is 5.78 Å². The minimum atomic E-state index is -0.178. The Morgan fingerprint density at radius 1 is 0.857 bits per heavy atom. The van der Waals surface area contributed by atoms with E-state index in [0.29, 0.717) is 5.92 Å². The van der Waals surface area contributed by atoms with Gasteiger partial charge in [0.2, 0.25) is 0 Å². The van der Waals surface area contributed by atoms with Crippen LogP contribution in [0.5, 0.6) is 0 Å². The van der Waals surface area contributed by atoms with Crippen molar-refractivity contribution in [3.05, 3.63) is 0 Å². The summed E-state index contributed by atoms with van der Waals surface area (Å²) in [4.78, 5) is 13.3. The van der Waals surface area contributed by atoms with E-state index in [0.717, 1.165) is 26.2 Å². The number of hydrogen-bond donors (Lipinski definition) is 0. The van der Waals surface area contributed by atoms with Crippen LogP contribution >= 0.6 is 0 Å². The zero-order chi connectivity index (χ0) is 20.5. The molecule has 1 atom stereocenters. The van der Waals surface area contributed by atoms with Crippen LogP contribution in [0.2, 0.25) is 0 Å². The van der Waals surface area contributed by atoms with Crippen molar-refractivity contribution in [2.24, 2.45) is 5.92 Å². The first-order valence-corrected chi connectivity index (χ1v) is 11.6. The first-order chi connectivity index (χ1) is 13.6. The SMILES string of the molecule is CC(CCCCCCCCCCCCCOCCN(C)C)C1OCC(=O)CO1. The summed E-state index contributed by atoms with van der Waals surface area (Å²) >= 11 is 0. The summed E-state index contributed by atoms with van der Waals surface area (Å²) in [6.07, 6.45) is 15.5. The topological polar surface area (TPSA) is 48.0 Å². The number of carbonyl (C=O) groups excluding carboxylic acids is 1. The Morgan fingerprint density at radius 2 is 1.36 bits per heavy atom. The number of hydrogen-bond acceptors (Lipinski definition) is 5. The van der Waals surface area contributed by atoms with Crippen LogP contribution in [0.1, 0.15) is 84.0 Å². The van der Waals surface area contributed by atoms with Gasteiger partial charge in [-0.05, 0) is 26.9 Å². The second-order valence-corrected chi connectivity index (χ2v) is 8.60. The molecule has 166 valence electrons. The van der Waals surface area contributed by atoms with Crippen LogP contribution in [-0.4, -0.2) is 64.0 Å². The summed E-state index contributed by atoms with van der Waals surface area (Å²) in [5, 5.41) is 0. The lowest BCUT2D eigenvalue weighted by Gasteiger charge is -2.27. The molecule has 28 heavy (non-hydrogen) atoms. The highest BCUT2D eigenvalue weighted by atomic mass is 16.7. The summed E-state index contributed by atoms with van der Waals surface area (Å²) in [5.41, 5.74) is 0. The van der Waals surface area contributed by atoms with Crippen LogP contribution < -0.4 is 0 Å². The number of Topliss-reactive ketones (excluding diaryl/α,β-unsaturated/α-hetero) is 1. The van der Waals surface area contributed by atoms with E-state index >= 15 is 0 Å². The first kappa shape index (κ1) is 25.5. The maximum absolute atomic E-state index is 11.1. The number of nitrogens with zero attached hydrogens (tertiary/aromatic N) is 1. The van der Waals surface area contributed by atoms with Crippen molar-refractivity contribution in [3.8, 4) is 0 Å². The van der Waals surface area contributed by atoms with Crippen molar-refractivity contribution in [2.45, 2.75) is 90.3 Å². The van der Waals surface area contributed by atoms with Gasteiger partial charge in [0.1, 0.15) is 13.2 Å². The molecule has 1 fully saturated rings. The molecule has 0 N–H and O–H groups in total. The van der Waals surface area contributed by atoms with E-state index in [1.807, 2.05) is 0 Å². The van der Waals surface area contributed by atoms with Crippen LogP contribution in [0.15, 0.2) is 0 Å². The van der Waals surface area contributed by atoms with E-state index < -0.39 is 0 Å². The molecule has 1 rings (SSSR count). The van der Waals surface area contributed by atoms with Gasteiger partial charge in [-0.3, -0.25) is 4.79 Å². The standard InChI is InChI=1S/C23H45NO4/c1-21(23-27-19-22(25)20-28-23)15-13-11-9-7-5-4-6-8-10-12-14-17-26-18-16-24(2)3/h21,23H,4-20H2,1-3H3. The van der Waals surface area contributed by atoms with Gasteiger partial charge in [-0.15, -0.1) is 0 Å². The third-order valence-corrected chi connectivity index (χ3v) is 5.41. The summed E-state index contributed by atoms with van der Waals surface area (Å²) in [7, 11) is 4.16. The van der Waals surface area contributed by atoms with Crippen LogP contribution in [0.3, 0.4) is 0 Å². The largest absolute Gasteiger partial charge is 0.380 e. The Hall–Kier alpha value is -0.490. The van der Waals surface area contributed by atoms with Gasteiger partial charge in [-0.1, -0.05) is 71.1 Å². The van der Waals surface area contributed by atoms with Gasteiger partial charge in [0.15, 0.2) is 12.1 Å². The van der Waals surface area contributed by atoms with Gasteiger partial charge in [-0.25, -0.2) is 0 Å². The van der Waals surface area contributed by atoms with Crippen molar-refractivity contribution in [1.29, 1.82) is 0 Å². The fourth-order valence-corrected chi connectivity index (χ4v) is 3.52. The van der Waals surface area contributed by atoms with Crippen LogP contribution in [0.4, 0.5) is 0 Å². The van der Waals surface area contributed by atoms with Crippen molar-refractivity contribution in [3.63, 3.8) is 0 Å². The monoisotopic (exact) mass is 399 g/mol. The minimum absolute atomic E-state index is 0.0491. The molecule has 0 amide bonds. The van der Waals surface area contributed by atoms with Gasteiger partial charge in [0.05, 0.1) is 6.61 Å². The normalized spacial score (nSPS) is 16.8. The van der Waals surface area contributed by atoms with Gasteiger partial charge >= 0.3 is 0 Å². The third-order valence-electron chi connectivity index (χ3n) is 5.41. The Balaban J connectivity index is 1.74. The molecule has 0 aromatic rings. The molecule has 5 heteroatoms. The second kappa shape index (κ2) is 17.4. The van der Waals surface area contributed by atoms with Crippen LogP contribution in [-0.2, 0) is 19.0 Å². The van der Waals surface area contributed by atoms with E-state index in [4.69, 9.17) is 14.2 Å². The fraction of sp³-hybridized carbons (Fsp3) is 0.957. The minimum Gasteiger partial charge on any atom is -0.380 e. The van der Waals surface area contributed by atoms with E-state index in [1.165, 1.54) is 70.6 Å². The quantitative estimate of drug-likeness (QED) is 0.309. The lowest BCUT2D eigenvalue weighted by molar-refractivity contribution is -0.202. The summed E-state index contributed by atoms with van der Waals surface area (Å²) in [5.74, 6) is 0.430. The van der Waals surface area contributed by atoms with E-state index in [2.05, 4.69) is 25.9 Å². The molecule has 0 aliphatic carbocycles. The molecule has 0 bridgehead atoms. The number of carbonyl (C=O) groups is 1. The lowest BCUT2D eigenvalue weighted by Crippen LogP contribution is -2.36. The molecule has 1 unspecified atom stereocenters. The zero-order valence-corrected chi connectivity index (χ0v) is 18.8. The maximum atomic E-state index is 11.1. The van der Waals surface area contributed by atoms with Crippen molar-refractivity contribution in [1.82, 2.24) is 4.90 Å². The Kier molecular flexibility index (Phi) is 15.9. The summed E-state index contributed by atoms with van der Waals surface area (Å²) in [6.45, 7) is 5.40. The number of rotatable bonds is 18. The molecule has 5 nitrogen and oxygen atoms in total. The summed E-state index contributed by atoms with van der Waals surface area (Å²) < 4.78 is 16.5. The van der Waals surface area contributed by atoms with Crippen molar-refractivity contribution in [2.75, 3.05) is 47.1 Å². The molecular weight excluding hydrogens is 354 g/mol. The summed E-state index contributed by atoms with van der Waals surface area (Å²) in [6, 6.07) is 0. The molecule has 0 aromatic carbocycles. The average molecular weight is 400 g/mol. The molecule has 1 aliphatic rings. The van der Waals surface area contributed by atoms with E-state index in [9.17, 15) is 4.79 Å². The fourth-order valence-electron chi connectivity index (χ4n) is 3.52. The molecule has 0 aromatic heterocycles. The predicted molar refractivity (Wildman–Crippen MR) is 115 cm³/mol. The highest BCUT2D eigenvalue weighted by Crippen LogP contribution is 2.20. The van der Waals surface area contributed by atoms with Gasteiger partial charge in [-0.2, -0.15) is 0 Å². The number of unbranched alkanes of at least 4 members (excludes halogenated alkanes) is 10. The van der Waals surface area contributed by atoms with E-state index in [-0.39, 0.29) is 25.3 Å². The van der Waals surface area contributed by atoms with Crippen molar-refractivity contribution < 1.29 is 19.0 Å². The highest BCUT2D eigenvalue weighted by Gasteiger charge is 2.24. The third kappa shape index (κ3) is 14.5. The second-order valence-electron chi connectivity index (χ2n) is 8.60. The van der Waals surface area contributed by atoms with Gasteiger partial charge in [0.25, 0.3) is 0 Å². The van der Waals surface area contributed by atoms with E-state index in [1.54, 1.807) is 0 Å². The lowest BCUT2D eigenvalue weighted by atomic mass is 10.0. The smallest absolute Gasteiger partial charge is 0.184 e. The molecule has 1 heterocycles. The van der Waals surface area contributed by atoms with Crippen LogP contribution in [0, 0.1) is 5.92 Å². The molecule has 1 saturated heterocycles. The Bertz CT molecular complexity index is 366. The molecule has 0 saturated carbocycles. The number of likely N-dealkylation sites (N-methyl/N-ethyl adjacent to an activating group) is 1. The molecular formula is C23H45NO4. The zero-order valence-electron chi connectivity index (χ0n) is 18.8. The molecule has 0 spiro atoms. The highest BCUT2D eigenvalue weighted by molar-refractivity contribution is 5.81. The molecule has 1 aliphatic heterocycles. The molecule has 0 radical (unpaired) electrons. The number of ether oxygens (including phenoxy) is 3. The Morgan fingerprint density at radius 3 is 1.89 bits per heavy atom. The van der Waals surface area contributed by atoms with Crippen LogP contribution in [0.25, 0.3) is 0 Å².